The number of nitrogens with zero attached hydrogens (tertiary/aromatic N) is 3. The lowest BCUT2D eigenvalue weighted by Gasteiger charge is -2.44. The molecular weight excluding hydrogens is 342 g/mol. The molecule has 7 nitrogen and oxygen atoms in total. The van der Waals surface area contributed by atoms with Crippen LogP contribution in [0.15, 0.2) is 12.3 Å². The van der Waals surface area contributed by atoms with Crippen LogP contribution in [0.1, 0.15) is 21.6 Å². The van der Waals surface area contributed by atoms with Crippen LogP contribution in [0.25, 0.3) is 0 Å². The maximum absolute atomic E-state index is 13.1. The molecule has 0 aliphatic carbocycles. The van der Waals surface area contributed by atoms with Crippen molar-refractivity contribution in [3.63, 3.8) is 0 Å². The molecule has 2 saturated heterocycles. The molecular formula is C17H25N3O4S. The van der Waals surface area contributed by atoms with E-state index < -0.39 is 9.84 Å². The molecule has 2 aliphatic heterocycles. The Morgan fingerprint density at radius 3 is 2.68 bits per heavy atom. The minimum atomic E-state index is -3.14. The maximum Gasteiger partial charge on any atom is 0.256 e. The molecule has 2 atom stereocenters. The summed E-state index contributed by atoms with van der Waals surface area (Å²) in [6.45, 7) is 6.18. The minimum Gasteiger partial charge on any atom is -0.383 e. The van der Waals surface area contributed by atoms with Crippen molar-refractivity contribution in [1.29, 1.82) is 0 Å². The van der Waals surface area contributed by atoms with Crippen LogP contribution in [-0.2, 0) is 14.6 Å². The van der Waals surface area contributed by atoms with Gasteiger partial charge in [0.05, 0.1) is 29.7 Å². The SMILES string of the molecule is COCCN1CCN(C(=O)c2cnc(C)cc2C)[C@H]2CS(=O)(=O)C[C@H]21. The molecule has 1 amide bonds. The van der Waals surface area contributed by atoms with Gasteiger partial charge in [-0.05, 0) is 25.5 Å². The smallest absolute Gasteiger partial charge is 0.256 e. The van der Waals surface area contributed by atoms with Crippen LogP contribution in [0.5, 0.6) is 0 Å². The number of sulfone groups is 1. The fourth-order valence-electron chi connectivity index (χ4n) is 3.84. The molecule has 8 heteroatoms. The largest absolute Gasteiger partial charge is 0.383 e. The van der Waals surface area contributed by atoms with Crippen LogP contribution in [0.4, 0.5) is 0 Å². The van der Waals surface area contributed by atoms with Crippen molar-refractivity contribution < 1.29 is 17.9 Å². The number of aryl methyl sites for hydroxylation is 2. The van der Waals surface area contributed by atoms with E-state index in [4.69, 9.17) is 4.74 Å². The Kier molecular flexibility index (Phi) is 5.13. The second-order valence-corrected chi connectivity index (χ2v) is 9.03. The number of piperazine rings is 1. The number of rotatable bonds is 4. The molecule has 2 aliphatic rings. The molecule has 0 N–H and O–H groups in total. The van der Waals surface area contributed by atoms with Gasteiger partial charge in [-0.1, -0.05) is 0 Å². The van der Waals surface area contributed by atoms with Gasteiger partial charge in [0.2, 0.25) is 0 Å². The van der Waals surface area contributed by atoms with Crippen LogP contribution in [0, 0.1) is 13.8 Å². The van der Waals surface area contributed by atoms with Gasteiger partial charge in [-0.15, -0.1) is 0 Å². The molecule has 0 spiro atoms. The summed E-state index contributed by atoms with van der Waals surface area (Å²) in [5, 5.41) is 0. The number of hydrogen-bond acceptors (Lipinski definition) is 6. The third-order valence-corrected chi connectivity index (χ3v) is 6.81. The number of amides is 1. The summed E-state index contributed by atoms with van der Waals surface area (Å²) in [4.78, 5) is 21.2. The van der Waals surface area contributed by atoms with Crippen LogP contribution < -0.4 is 0 Å². The van der Waals surface area contributed by atoms with E-state index >= 15 is 0 Å². The van der Waals surface area contributed by atoms with E-state index in [1.165, 1.54) is 0 Å². The van der Waals surface area contributed by atoms with Crippen molar-refractivity contribution in [1.82, 2.24) is 14.8 Å². The molecule has 2 fully saturated rings. The summed E-state index contributed by atoms with van der Waals surface area (Å²) in [6.07, 6.45) is 1.60. The first-order chi connectivity index (χ1) is 11.8. The Balaban J connectivity index is 1.86. The molecule has 138 valence electrons. The van der Waals surface area contributed by atoms with E-state index in [-0.39, 0.29) is 29.5 Å². The Morgan fingerprint density at radius 2 is 2.00 bits per heavy atom. The van der Waals surface area contributed by atoms with Gasteiger partial charge in [0.1, 0.15) is 0 Å². The Morgan fingerprint density at radius 1 is 1.28 bits per heavy atom. The topological polar surface area (TPSA) is 79.8 Å². The lowest BCUT2D eigenvalue weighted by atomic mass is 10.0. The molecule has 1 aromatic heterocycles. The molecule has 1 aromatic rings. The van der Waals surface area contributed by atoms with Crippen molar-refractivity contribution in [2.24, 2.45) is 0 Å². The van der Waals surface area contributed by atoms with E-state index in [2.05, 4.69) is 9.88 Å². The summed E-state index contributed by atoms with van der Waals surface area (Å²) in [7, 11) is -1.51. The molecule has 0 saturated carbocycles. The molecule has 0 aromatic carbocycles. The third kappa shape index (κ3) is 3.70. The van der Waals surface area contributed by atoms with E-state index in [1.54, 1.807) is 18.2 Å². The van der Waals surface area contributed by atoms with Gasteiger partial charge in [0, 0.05) is 44.7 Å². The number of hydrogen-bond donors (Lipinski definition) is 0. The number of pyridine rings is 1. The van der Waals surface area contributed by atoms with Crippen LogP contribution >= 0.6 is 0 Å². The van der Waals surface area contributed by atoms with Gasteiger partial charge in [-0.25, -0.2) is 8.42 Å². The van der Waals surface area contributed by atoms with Gasteiger partial charge < -0.3 is 9.64 Å². The van der Waals surface area contributed by atoms with Gasteiger partial charge in [-0.3, -0.25) is 14.7 Å². The fourth-order valence-corrected chi connectivity index (χ4v) is 5.85. The van der Waals surface area contributed by atoms with E-state index in [1.807, 2.05) is 19.9 Å². The summed E-state index contributed by atoms with van der Waals surface area (Å²) < 4.78 is 29.6. The van der Waals surface area contributed by atoms with Crippen LogP contribution in [0.3, 0.4) is 0 Å². The highest BCUT2D eigenvalue weighted by Crippen LogP contribution is 2.28. The number of methoxy groups -OCH3 is 1. The van der Waals surface area contributed by atoms with Gasteiger partial charge in [0.15, 0.2) is 9.84 Å². The predicted octanol–water partition coefficient (Wildman–Crippen LogP) is 0.268. The van der Waals surface area contributed by atoms with Crippen molar-refractivity contribution in [2.45, 2.75) is 25.9 Å². The standard InChI is InChI=1S/C17H25N3O4S/c1-12-8-13(2)18-9-14(12)17(21)20-5-4-19(6-7-24-3)15-10-25(22,23)11-16(15)20/h8-9,15-16H,4-7,10-11H2,1-3H3/t15-,16+/m1/s1. The molecule has 0 unspecified atom stereocenters. The number of fused-ring (bicyclic) bond motifs is 1. The number of aromatic nitrogens is 1. The highest BCUT2D eigenvalue weighted by molar-refractivity contribution is 7.91. The van der Waals surface area contributed by atoms with E-state index in [0.717, 1.165) is 11.3 Å². The summed E-state index contributed by atoms with van der Waals surface area (Å²) in [6, 6.07) is 1.42. The Bertz CT molecular complexity index is 765. The maximum atomic E-state index is 13.1. The quantitative estimate of drug-likeness (QED) is 0.760. The normalized spacial score (nSPS) is 25.8. The van der Waals surface area contributed by atoms with Crippen molar-refractivity contribution in [2.75, 3.05) is 44.9 Å². The van der Waals surface area contributed by atoms with E-state index in [9.17, 15) is 13.2 Å². The number of carbonyl (C=O) groups excluding carboxylic acids is 1. The molecule has 0 radical (unpaired) electrons. The average molecular weight is 367 g/mol. The first kappa shape index (κ1) is 18.3. The van der Waals surface area contributed by atoms with Crippen LogP contribution in [0.2, 0.25) is 0 Å². The van der Waals surface area contributed by atoms with Crippen molar-refractivity contribution >= 4 is 15.7 Å². The lowest BCUT2D eigenvalue weighted by Crippen LogP contribution is -2.61. The number of carbonyl (C=O) groups is 1. The first-order valence-electron chi connectivity index (χ1n) is 8.50. The zero-order valence-electron chi connectivity index (χ0n) is 14.9. The molecule has 3 rings (SSSR count). The van der Waals surface area contributed by atoms with Gasteiger partial charge in [0.25, 0.3) is 5.91 Å². The second kappa shape index (κ2) is 7.01. The predicted molar refractivity (Wildman–Crippen MR) is 94.4 cm³/mol. The fraction of sp³-hybridized carbons (Fsp3) is 0.647. The Hall–Kier alpha value is -1.51. The summed E-state index contributed by atoms with van der Waals surface area (Å²) >= 11 is 0. The monoisotopic (exact) mass is 367 g/mol. The zero-order chi connectivity index (χ0) is 18.2. The summed E-state index contributed by atoms with van der Waals surface area (Å²) in [5.74, 6) is 0.0186. The van der Waals surface area contributed by atoms with Gasteiger partial charge in [-0.2, -0.15) is 0 Å². The highest BCUT2D eigenvalue weighted by Gasteiger charge is 2.48. The van der Waals surface area contributed by atoms with Gasteiger partial charge >= 0.3 is 0 Å². The Labute approximate surface area is 148 Å². The third-order valence-electron chi connectivity index (χ3n) is 5.11. The van der Waals surface area contributed by atoms with Crippen molar-refractivity contribution in [3.05, 3.63) is 29.1 Å². The molecule has 0 bridgehead atoms. The summed E-state index contributed by atoms with van der Waals surface area (Å²) in [5.41, 5.74) is 2.29. The molecule has 25 heavy (non-hydrogen) atoms. The van der Waals surface area contributed by atoms with E-state index in [0.29, 0.717) is 31.8 Å². The first-order valence-corrected chi connectivity index (χ1v) is 10.3. The number of ether oxygens (including phenoxy) is 1. The minimum absolute atomic E-state index is 0.0330. The zero-order valence-corrected chi connectivity index (χ0v) is 15.8. The highest BCUT2D eigenvalue weighted by atomic mass is 32.2. The lowest BCUT2D eigenvalue weighted by molar-refractivity contribution is 0.0246. The second-order valence-electron chi connectivity index (χ2n) is 6.88. The van der Waals surface area contributed by atoms with Crippen molar-refractivity contribution in [3.8, 4) is 0 Å². The molecule has 3 heterocycles. The average Bonchev–Trinajstić information content (AvgIpc) is 2.87. The van der Waals surface area contributed by atoms with Crippen LogP contribution in [-0.4, -0.2) is 86.0 Å².